The summed E-state index contributed by atoms with van der Waals surface area (Å²) in [5.41, 5.74) is 0.817. The van der Waals surface area contributed by atoms with Gasteiger partial charge in [-0.05, 0) is 61.0 Å². The Labute approximate surface area is 370 Å². The fourth-order valence-electron chi connectivity index (χ4n) is 7.32. The van der Waals surface area contributed by atoms with E-state index in [1.165, 1.54) is 65.9 Å². The molecule has 5 aromatic rings. The lowest BCUT2D eigenvalue weighted by Crippen LogP contribution is -2.19. The van der Waals surface area contributed by atoms with E-state index in [2.05, 4.69) is 33.5 Å². The van der Waals surface area contributed by atoms with Gasteiger partial charge in [-0.2, -0.15) is 0 Å². The zero-order valence-electron chi connectivity index (χ0n) is 36.5. The van der Waals surface area contributed by atoms with E-state index >= 15 is 0 Å². The summed E-state index contributed by atoms with van der Waals surface area (Å²) in [6, 6.07) is 21.5. The van der Waals surface area contributed by atoms with Gasteiger partial charge in [-0.25, -0.2) is 0 Å². The Balaban J connectivity index is 1.49. The van der Waals surface area contributed by atoms with Gasteiger partial charge in [-0.1, -0.05) is 63.3 Å². The molecule has 1 aliphatic rings. The fraction of sp³-hybridized carbons (Fsp3) is 0.271. The largest absolute Gasteiger partial charge is 0.494 e. The summed E-state index contributed by atoms with van der Waals surface area (Å²) in [5.74, 6) is -2.90. The summed E-state index contributed by atoms with van der Waals surface area (Å²) in [5, 5.41) is 14.0. The SMILES string of the molecule is CCCCCCCCOc1cc2c(OC)c(c1)C(=O)Nc1cccc(c1OC)C(=O)Nc1cccc(c1OC)C(=O)Nc1cccc(c1OC)C(=O)Nc1cccc(c1OC)C(=O)N2. The van der Waals surface area contributed by atoms with Crippen molar-refractivity contribution < 1.29 is 52.4 Å². The number of benzene rings is 5. The lowest BCUT2D eigenvalue weighted by atomic mass is 10.1. The van der Waals surface area contributed by atoms with E-state index in [-0.39, 0.29) is 90.8 Å². The molecule has 334 valence electrons. The van der Waals surface area contributed by atoms with Gasteiger partial charge in [-0.3, -0.25) is 24.0 Å². The van der Waals surface area contributed by atoms with E-state index < -0.39 is 29.5 Å². The molecule has 16 heteroatoms. The van der Waals surface area contributed by atoms with Crippen molar-refractivity contribution in [2.75, 3.05) is 68.7 Å². The lowest BCUT2D eigenvalue weighted by molar-refractivity contribution is 0.101. The highest BCUT2D eigenvalue weighted by Crippen LogP contribution is 2.39. The number of ether oxygens (including phenoxy) is 6. The highest BCUT2D eigenvalue weighted by atomic mass is 16.5. The van der Waals surface area contributed by atoms with Gasteiger partial charge in [-0.15, -0.1) is 0 Å². The summed E-state index contributed by atoms with van der Waals surface area (Å²) >= 11 is 0. The van der Waals surface area contributed by atoms with E-state index in [9.17, 15) is 24.0 Å². The molecule has 0 saturated heterocycles. The normalized spacial score (nSPS) is 12.8. The third kappa shape index (κ3) is 10.1. The van der Waals surface area contributed by atoms with Crippen LogP contribution in [0.4, 0.5) is 28.4 Å². The number of carbonyl (C=O) groups is 5. The highest BCUT2D eigenvalue weighted by Gasteiger charge is 2.27. The molecule has 1 aliphatic heterocycles. The first-order chi connectivity index (χ1) is 31.1. The molecule has 5 aromatic carbocycles. The maximum Gasteiger partial charge on any atom is 0.259 e. The van der Waals surface area contributed by atoms with Crippen LogP contribution in [0.1, 0.15) is 97.2 Å². The number of anilines is 5. The van der Waals surface area contributed by atoms with E-state index in [0.717, 1.165) is 38.5 Å². The van der Waals surface area contributed by atoms with Crippen LogP contribution in [0.5, 0.6) is 34.5 Å². The minimum absolute atomic E-state index is 0.00156. The summed E-state index contributed by atoms with van der Waals surface area (Å²) < 4.78 is 34.7. The number of nitrogens with one attached hydrogen (secondary N) is 5. The number of hydrogen-bond donors (Lipinski definition) is 5. The van der Waals surface area contributed by atoms with Gasteiger partial charge in [0.05, 0.1) is 98.4 Å². The van der Waals surface area contributed by atoms with E-state index in [0.29, 0.717) is 6.61 Å². The molecule has 5 amide bonds. The molecule has 64 heavy (non-hydrogen) atoms. The highest BCUT2D eigenvalue weighted by molar-refractivity contribution is 6.16. The molecule has 16 nitrogen and oxygen atoms in total. The molecule has 0 spiro atoms. The zero-order chi connectivity index (χ0) is 45.8. The Morgan fingerprint density at radius 3 is 1.05 bits per heavy atom. The summed E-state index contributed by atoms with van der Waals surface area (Å²) in [6.07, 6.45) is 6.19. The van der Waals surface area contributed by atoms with Crippen molar-refractivity contribution in [3.63, 3.8) is 0 Å². The fourth-order valence-corrected chi connectivity index (χ4v) is 7.32. The van der Waals surface area contributed by atoms with Crippen molar-refractivity contribution in [2.24, 2.45) is 0 Å². The minimum atomic E-state index is -0.680. The number of rotatable bonds is 13. The average Bonchev–Trinajstić information content (AvgIpc) is 3.30. The molecule has 0 radical (unpaired) electrons. The van der Waals surface area contributed by atoms with Gasteiger partial charge >= 0.3 is 0 Å². The van der Waals surface area contributed by atoms with Crippen molar-refractivity contribution >= 4 is 58.0 Å². The quantitative estimate of drug-likeness (QED) is 0.0707. The molecule has 5 N–H and O–H groups in total. The van der Waals surface area contributed by atoms with Gasteiger partial charge in [0.1, 0.15) is 5.75 Å². The van der Waals surface area contributed by atoms with Crippen LogP contribution in [0, 0.1) is 0 Å². The van der Waals surface area contributed by atoms with Gasteiger partial charge in [0.25, 0.3) is 29.5 Å². The van der Waals surface area contributed by atoms with Crippen LogP contribution >= 0.6 is 0 Å². The van der Waals surface area contributed by atoms with Crippen LogP contribution in [-0.4, -0.2) is 71.7 Å². The maximum atomic E-state index is 14.3. The van der Waals surface area contributed by atoms with Crippen molar-refractivity contribution in [3.8, 4) is 34.5 Å². The Morgan fingerprint density at radius 1 is 0.375 bits per heavy atom. The Morgan fingerprint density at radius 2 is 0.688 bits per heavy atom. The van der Waals surface area contributed by atoms with Crippen LogP contribution in [0.3, 0.4) is 0 Å². The minimum Gasteiger partial charge on any atom is -0.494 e. The number of para-hydroxylation sites is 4. The molecule has 0 atom stereocenters. The van der Waals surface area contributed by atoms with Crippen molar-refractivity contribution in [3.05, 3.63) is 113 Å². The standard InChI is InChI=1S/C48H51N5O11/c1-7-8-9-10-11-12-25-64-28-26-33-43(63-6)38(27-28)53-47(57)32-20-16-23-36(42(32)62-5)51-45(55)30-18-14-21-34(40(30)60-3)49-44(54)29-17-13-22-35(39(29)59-2)50-46(56)31-19-15-24-37(41(31)61-4)52-48(33)58/h13-24,26-27H,7-12,25H2,1-6H3,(H,49,54)(H,50,56)(H,51,55)(H,52,58)(H,53,57). The van der Waals surface area contributed by atoms with Gasteiger partial charge in [0.2, 0.25) is 0 Å². The Bertz CT molecular complexity index is 2550. The number of unbranched alkanes of at least 4 members (excludes halogenated alkanes) is 5. The molecule has 0 aromatic heterocycles. The van der Waals surface area contributed by atoms with Crippen molar-refractivity contribution in [1.29, 1.82) is 0 Å². The topological polar surface area (TPSA) is 201 Å². The lowest BCUT2D eigenvalue weighted by Gasteiger charge is -2.19. The van der Waals surface area contributed by atoms with E-state index in [4.69, 9.17) is 28.4 Å². The zero-order valence-corrected chi connectivity index (χ0v) is 36.5. The summed E-state index contributed by atoms with van der Waals surface area (Å²) in [6.45, 7) is 2.50. The number of methoxy groups -OCH3 is 5. The van der Waals surface area contributed by atoms with Crippen LogP contribution in [0.2, 0.25) is 0 Å². The van der Waals surface area contributed by atoms with Crippen LogP contribution in [-0.2, 0) is 0 Å². The first kappa shape index (κ1) is 45.8. The number of amides is 5. The molecule has 0 saturated carbocycles. The van der Waals surface area contributed by atoms with E-state index in [1.807, 2.05) is 0 Å². The van der Waals surface area contributed by atoms with Crippen molar-refractivity contribution in [1.82, 2.24) is 0 Å². The maximum absolute atomic E-state index is 14.3. The average molecular weight is 874 g/mol. The predicted octanol–water partition coefficient (Wildman–Crippen LogP) is 9.04. The van der Waals surface area contributed by atoms with Gasteiger partial charge in [0, 0.05) is 6.07 Å². The van der Waals surface area contributed by atoms with Gasteiger partial charge < -0.3 is 55.0 Å². The molecule has 0 unspecified atom stereocenters. The van der Waals surface area contributed by atoms with E-state index in [1.54, 1.807) is 54.6 Å². The smallest absolute Gasteiger partial charge is 0.259 e. The first-order valence-corrected chi connectivity index (χ1v) is 20.7. The predicted molar refractivity (Wildman–Crippen MR) is 244 cm³/mol. The monoisotopic (exact) mass is 873 g/mol. The van der Waals surface area contributed by atoms with Crippen LogP contribution in [0.25, 0.3) is 0 Å². The third-order valence-electron chi connectivity index (χ3n) is 10.4. The Kier molecular flexibility index (Phi) is 15.3. The molecule has 0 fully saturated rings. The second-order valence-corrected chi connectivity index (χ2v) is 14.5. The number of carbonyl (C=O) groups excluding carboxylic acids is 5. The summed E-state index contributed by atoms with van der Waals surface area (Å²) in [7, 11) is 6.76. The first-order valence-electron chi connectivity index (χ1n) is 20.7. The molecular weight excluding hydrogens is 823 g/mol. The molecule has 6 rings (SSSR count). The van der Waals surface area contributed by atoms with Crippen molar-refractivity contribution in [2.45, 2.75) is 45.4 Å². The molecule has 0 aliphatic carbocycles. The molecular formula is C48H51N5O11. The van der Waals surface area contributed by atoms with Gasteiger partial charge in [0.15, 0.2) is 28.7 Å². The third-order valence-corrected chi connectivity index (χ3v) is 10.4. The Hall–Kier alpha value is -7.75. The second kappa shape index (κ2) is 21.4. The second-order valence-electron chi connectivity index (χ2n) is 14.5. The van der Waals surface area contributed by atoms with Crippen LogP contribution < -0.4 is 55.0 Å². The summed E-state index contributed by atoms with van der Waals surface area (Å²) in [4.78, 5) is 70.4. The molecule has 10 bridgehead atoms. The molecule has 1 heterocycles. The number of hydrogen-bond acceptors (Lipinski definition) is 11. The number of fused-ring (bicyclic) bond motifs is 10. The van der Waals surface area contributed by atoms with Crippen LogP contribution in [0.15, 0.2) is 84.9 Å².